The molecule has 0 radical (unpaired) electrons. The highest BCUT2D eigenvalue weighted by Crippen LogP contribution is 2.33. The van der Waals surface area contributed by atoms with Crippen molar-refractivity contribution in [2.24, 2.45) is 0 Å². The van der Waals surface area contributed by atoms with Crippen molar-refractivity contribution >= 4 is 22.5 Å². The molecule has 0 fully saturated rings. The summed E-state index contributed by atoms with van der Waals surface area (Å²) in [5.74, 6) is 0.0491. The minimum Gasteiger partial charge on any atom is -0.328 e. The Morgan fingerprint density at radius 1 is 0.914 bits per heavy atom. The van der Waals surface area contributed by atoms with Crippen molar-refractivity contribution in [3.63, 3.8) is 0 Å². The molecule has 5 rings (SSSR count). The number of hydrogen-bond donors (Lipinski definition) is 1. The summed E-state index contributed by atoms with van der Waals surface area (Å²) in [4.78, 5) is 38.5. The number of benzene rings is 2. The molecule has 172 valence electrons. The fourth-order valence-electron chi connectivity index (χ4n) is 4.16. The molecule has 3 aromatic heterocycles. The number of rotatable bonds is 6. The van der Waals surface area contributed by atoms with Crippen molar-refractivity contribution < 1.29 is 4.79 Å². The summed E-state index contributed by atoms with van der Waals surface area (Å²) in [6.07, 6.45) is 5.41. The van der Waals surface area contributed by atoms with Crippen LogP contribution in [0, 0.1) is 0 Å². The van der Waals surface area contributed by atoms with E-state index in [-0.39, 0.29) is 11.5 Å². The first kappa shape index (κ1) is 22.2. The average Bonchev–Trinajstić information content (AvgIpc) is 2.92. The molecular weight excluding hydrogens is 436 g/mol. The molecule has 0 saturated heterocycles. The van der Waals surface area contributed by atoms with E-state index in [4.69, 9.17) is 4.98 Å². The van der Waals surface area contributed by atoms with Gasteiger partial charge >= 0.3 is 0 Å². The highest BCUT2D eigenvalue weighted by molar-refractivity contribution is 5.93. The second-order valence-corrected chi connectivity index (χ2v) is 8.23. The van der Waals surface area contributed by atoms with E-state index in [1.165, 1.54) is 0 Å². The van der Waals surface area contributed by atoms with Gasteiger partial charge in [-0.3, -0.25) is 14.6 Å². The minimum atomic E-state index is -0.161. The number of nitrogens with one attached hydrogen (secondary N) is 1. The van der Waals surface area contributed by atoms with Gasteiger partial charge in [0, 0.05) is 41.8 Å². The summed E-state index contributed by atoms with van der Waals surface area (Å²) in [5.41, 5.74) is 5.93. The fourth-order valence-corrected chi connectivity index (χ4v) is 4.16. The number of carbonyl (C=O) groups is 1. The van der Waals surface area contributed by atoms with Gasteiger partial charge < -0.3 is 9.88 Å². The number of carbonyl (C=O) groups excluding carboxylic acids is 1. The average molecular weight is 461 g/mol. The Kier molecular flexibility index (Phi) is 6.18. The van der Waals surface area contributed by atoms with Crippen LogP contribution in [-0.2, 0) is 11.3 Å². The van der Waals surface area contributed by atoms with E-state index in [0.29, 0.717) is 23.9 Å². The normalized spacial score (nSPS) is 10.9. The van der Waals surface area contributed by atoms with E-state index in [0.717, 1.165) is 33.6 Å². The molecule has 0 bridgehead atoms. The molecule has 0 aliphatic heterocycles. The predicted octanol–water partition coefficient (Wildman–Crippen LogP) is 5.60. The van der Waals surface area contributed by atoms with Gasteiger partial charge in [-0.2, -0.15) is 0 Å². The molecular formula is C29H24N4O2. The van der Waals surface area contributed by atoms with Gasteiger partial charge in [0.1, 0.15) is 0 Å². The number of fused-ring (bicyclic) bond motifs is 1. The maximum Gasteiger partial charge on any atom is 0.257 e. The van der Waals surface area contributed by atoms with Crippen LogP contribution in [0.25, 0.3) is 33.3 Å². The summed E-state index contributed by atoms with van der Waals surface area (Å²) in [6, 6.07) is 25.4. The zero-order valence-electron chi connectivity index (χ0n) is 19.3. The second kappa shape index (κ2) is 9.73. The molecule has 0 aliphatic carbocycles. The Hall–Kier alpha value is -4.58. The summed E-state index contributed by atoms with van der Waals surface area (Å²) in [7, 11) is 0. The van der Waals surface area contributed by atoms with Crippen molar-refractivity contribution in [1.82, 2.24) is 15.0 Å². The number of hydrogen-bond acceptors (Lipinski definition) is 4. The molecule has 5 aromatic rings. The quantitative estimate of drug-likeness (QED) is 0.358. The topological polar surface area (TPSA) is 79.0 Å². The monoisotopic (exact) mass is 460 g/mol. The van der Waals surface area contributed by atoms with Gasteiger partial charge in [-0.05, 0) is 35.4 Å². The molecule has 0 aliphatic rings. The number of H-pyrrole nitrogens is 1. The van der Waals surface area contributed by atoms with Gasteiger partial charge in [0.2, 0.25) is 5.91 Å². The maximum atomic E-state index is 12.6. The number of pyridine rings is 3. The molecule has 35 heavy (non-hydrogen) atoms. The summed E-state index contributed by atoms with van der Waals surface area (Å²) < 4.78 is 0. The third kappa shape index (κ3) is 4.59. The lowest BCUT2D eigenvalue weighted by Crippen LogP contribution is -2.29. The lowest BCUT2D eigenvalue weighted by molar-refractivity contribution is -0.118. The predicted molar refractivity (Wildman–Crippen MR) is 139 cm³/mol. The van der Waals surface area contributed by atoms with Crippen LogP contribution < -0.4 is 10.5 Å². The zero-order valence-corrected chi connectivity index (χ0v) is 19.3. The maximum absolute atomic E-state index is 12.6. The minimum absolute atomic E-state index is 0.0491. The number of nitrogens with zero attached hydrogens (tertiary/aromatic N) is 3. The molecule has 3 heterocycles. The van der Waals surface area contributed by atoms with E-state index in [1.54, 1.807) is 23.5 Å². The lowest BCUT2D eigenvalue weighted by atomic mass is 9.97. The largest absolute Gasteiger partial charge is 0.328 e. The van der Waals surface area contributed by atoms with Crippen molar-refractivity contribution in [3.05, 3.63) is 113 Å². The number of aromatic amines is 1. The van der Waals surface area contributed by atoms with Crippen LogP contribution in [0.2, 0.25) is 0 Å². The van der Waals surface area contributed by atoms with Gasteiger partial charge in [0.05, 0.1) is 23.1 Å². The van der Waals surface area contributed by atoms with Crippen LogP contribution in [-0.4, -0.2) is 20.9 Å². The van der Waals surface area contributed by atoms with Crippen LogP contribution in [0.4, 0.5) is 5.69 Å². The zero-order chi connectivity index (χ0) is 24.2. The van der Waals surface area contributed by atoms with Crippen molar-refractivity contribution in [2.75, 3.05) is 4.90 Å². The smallest absolute Gasteiger partial charge is 0.257 e. The molecule has 6 heteroatoms. The van der Waals surface area contributed by atoms with Crippen LogP contribution in [0.5, 0.6) is 0 Å². The Labute approximate surface area is 202 Å². The van der Waals surface area contributed by atoms with Crippen LogP contribution >= 0.6 is 0 Å². The van der Waals surface area contributed by atoms with Gasteiger partial charge in [0.25, 0.3) is 5.56 Å². The Bertz CT molecular complexity index is 1530. The Morgan fingerprint density at radius 2 is 1.66 bits per heavy atom. The molecule has 2 aromatic carbocycles. The van der Waals surface area contributed by atoms with E-state index in [1.807, 2.05) is 85.8 Å². The first-order valence-electron chi connectivity index (χ1n) is 11.5. The first-order chi connectivity index (χ1) is 17.1. The SMILES string of the molecule is CCC(=O)N(Cc1ccc(-c2nc3cc[nH]c(=O)c3cc2-c2ccccc2)cc1)c1ccncc1. The van der Waals surface area contributed by atoms with Crippen LogP contribution in [0.3, 0.4) is 0 Å². The summed E-state index contributed by atoms with van der Waals surface area (Å²) in [6.45, 7) is 2.32. The Balaban J connectivity index is 1.55. The standard InChI is InChI=1S/C29H24N4O2/c1-2-27(34)33(23-12-15-30-16-13-23)19-20-8-10-22(11-9-20)28-24(21-6-4-3-5-7-21)18-25-26(32-28)14-17-31-29(25)35/h3-18H,2,19H2,1H3,(H,31,35). The number of amides is 1. The molecule has 0 atom stereocenters. The van der Waals surface area contributed by atoms with Crippen LogP contribution in [0.1, 0.15) is 18.9 Å². The Morgan fingerprint density at radius 3 is 2.37 bits per heavy atom. The summed E-state index contributed by atoms with van der Waals surface area (Å²) >= 11 is 0. The van der Waals surface area contributed by atoms with Gasteiger partial charge in [0.15, 0.2) is 0 Å². The van der Waals surface area contributed by atoms with Crippen molar-refractivity contribution in [3.8, 4) is 22.4 Å². The van der Waals surface area contributed by atoms with Gasteiger partial charge in [-0.15, -0.1) is 0 Å². The molecule has 0 unspecified atom stereocenters. The first-order valence-corrected chi connectivity index (χ1v) is 11.5. The molecule has 0 saturated carbocycles. The van der Waals surface area contributed by atoms with E-state index >= 15 is 0 Å². The fraction of sp³-hybridized carbons (Fsp3) is 0.103. The van der Waals surface area contributed by atoms with Crippen molar-refractivity contribution in [2.45, 2.75) is 19.9 Å². The lowest BCUT2D eigenvalue weighted by Gasteiger charge is -2.22. The summed E-state index contributed by atoms with van der Waals surface area (Å²) in [5, 5.41) is 0.554. The highest BCUT2D eigenvalue weighted by Gasteiger charge is 2.16. The molecule has 1 amide bonds. The number of anilines is 1. The van der Waals surface area contributed by atoms with E-state index in [2.05, 4.69) is 9.97 Å². The third-order valence-electron chi connectivity index (χ3n) is 5.98. The third-order valence-corrected chi connectivity index (χ3v) is 5.98. The molecule has 0 spiro atoms. The second-order valence-electron chi connectivity index (χ2n) is 8.23. The highest BCUT2D eigenvalue weighted by atomic mass is 16.2. The van der Waals surface area contributed by atoms with E-state index in [9.17, 15) is 9.59 Å². The molecule has 1 N–H and O–H groups in total. The molecule has 6 nitrogen and oxygen atoms in total. The van der Waals surface area contributed by atoms with Gasteiger partial charge in [-0.1, -0.05) is 61.5 Å². The van der Waals surface area contributed by atoms with E-state index < -0.39 is 0 Å². The van der Waals surface area contributed by atoms with Gasteiger partial charge in [-0.25, -0.2) is 4.98 Å². The van der Waals surface area contributed by atoms with Crippen molar-refractivity contribution in [1.29, 1.82) is 0 Å². The van der Waals surface area contributed by atoms with Crippen LogP contribution in [0.15, 0.2) is 102 Å². The number of aromatic nitrogens is 3.